The third-order valence-corrected chi connectivity index (χ3v) is 6.35. The van der Waals surface area contributed by atoms with Crippen LogP contribution in [0.2, 0.25) is 0 Å². The summed E-state index contributed by atoms with van der Waals surface area (Å²) in [6, 6.07) is 12.4. The van der Waals surface area contributed by atoms with E-state index in [0.29, 0.717) is 28.1 Å². The largest absolute Gasteiger partial charge is 0.495 e. The number of aromatic nitrogens is 2. The van der Waals surface area contributed by atoms with E-state index in [0.717, 1.165) is 16.0 Å². The van der Waals surface area contributed by atoms with E-state index in [4.69, 9.17) is 4.74 Å². The van der Waals surface area contributed by atoms with Crippen LogP contribution in [0.3, 0.4) is 0 Å². The van der Waals surface area contributed by atoms with Gasteiger partial charge in [0, 0.05) is 10.4 Å². The Morgan fingerprint density at radius 1 is 1.22 bits per heavy atom. The molecule has 2 heterocycles. The van der Waals surface area contributed by atoms with Gasteiger partial charge in [0.1, 0.15) is 22.4 Å². The average molecular weight is 452 g/mol. The van der Waals surface area contributed by atoms with Gasteiger partial charge in [-0.25, -0.2) is 9.37 Å². The smallest absolute Gasteiger partial charge is 0.263 e. The number of anilines is 1. The molecule has 0 saturated carbocycles. The van der Waals surface area contributed by atoms with E-state index in [-0.39, 0.29) is 17.3 Å². The van der Waals surface area contributed by atoms with Crippen molar-refractivity contribution in [3.8, 4) is 16.9 Å². The second kappa shape index (κ2) is 8.92. The van der Waals surface area contributed by atoms with Crippen LogP contribution in [-0.2, 0) is 4.79 Å². The Morgan fingerprint density at radius 3 is 2.62 bits per heavy atom. The molecule has 6 nitrogen and oxygen atoms in total. The number of carbonyl (C=O) groups excluding carboxylic acids is 1. The minimum Gasteiger partial charge on any atom is -0.495 e. The monoisotopic (exact) mass is 451 g/mol. The van der Waals surface area contributed by atoms with Gasteiger partial charge in [0.15, 0.2) is 0 Å². The first kappa shape index (κ1) is 21.7. The normalized spacial score (nSPS) is 12.0. The molecule has 2 aromatic heterocycles. The number of para-hydroxylation sites is 2. The molecule has 0 radical (unpaired) electrons. The summed E-state index contributed by atoms with van der Waals surface area (Å²) in [6.45, 7) is 3.74. The van der Waals surface area contributed by atoms with Crippen molar-refractivity contribution < 1.29 is 13.9 Å². The lowest BCUT2D eigenvalue weighted by Crippen LogP contribution is -2.33. The number of carbonyl (C=O) groups is 1. The summed E-state index contributed by atoms with van der Waals surface area (Å²) in [5, 5.41) is 3.29. The SMILES string of the molecule is CCC(C(=O)Nc1ccccc1OC)n1cnc2sc(C)c(-c3ccc(F)cc3)c2c1=O. The fourth-order valence-corrected chi connectivity index (χ4v) is 4.78. The Morgan fingerprint density at radius 2 is 1.94 bits per heavy atom. The van der Waals surface area contributed by atoms with Crippen LogP contribution in [-0.4, -0.2) is 22.6 Å². The maximum absolute atomic E-state index is 13.5. The van der Waals surface area contributed by atoms with E-state index in [1.807, 2.05) is 19.9 Å². The summed E-state index contributed by atoms with van der Waals surface area (Å²) in [7, 11) is 1.53. The van der Waals surface area contributed by atoms with Gasteiger partial charge in [-0.05, 0) is 43.2 Å². The molecule has 0 aliphatic rings. The fraction of sp³-hybridized carbons (Fsp3) is 0.208. The summed E-state index contributed by atoms with van der Waals surface area (Å²) >= 11 is 1.40. The molecular formula is C24H22FN3O3S. The molecule has 1 unspecified atom stereocenters. The van der Waals surface area contributed by atoms with Crippen molar-refractivity contribution >= 4 is 33.1 Å². The van der Waals surface area contributed by atoms with Gasteiger partial charge >= 0.3 is 0 Å². The standard InChI is InChI=1S/C24H22FN3O3S/c1-4-18(22(29)27-17-7-5-6-8-19(17)31-3)28-13-26-23-21(24(28)30)20(14(2)32-23)15-9-11-16(25)12-10-15/h5-13,18H,4H2,1-3H3,(H,27,29). The van der Waals surface area contributed by atoms with Gasteiger partial charge in [-0.1, -0.05) is 31.2 Å². The van der Waals surface area contributed by atoms with Crippen LogP contribution in [0.25, 0.3) is 21.3 Å². The third-order valence-electron chi connectivity index (χ3n) is 5.34. The van der Waals surface area contributed by atoms with Crippen molar-refractivity contribution in [1.29, 1.82) is 0 Å². The highest BCUT2D eigenvalue weighted by Gasteiger charge is 2.24. The predicted octanol–water partition coefficient (Wildman–Crippen LogP) is 5.17. The molecule has 0 aliphatic carbocycles. The fourth-order valence-electron chi connectivity index (χ4n) is 3.77. The minimum atomic E-state index is -0.759. The lowest BCUT2D eigenvalue weighted by atomic mass is 10.0. The zero-order chi connectivity index (χ0) is 22.8. The summed E-state index contributed by atoms with van der Waals surface area (Å²) in [5.41, 5.74) is 1.68. The van der Waals surface area contributed by atoms with Crippen molar-refractivity contribution in [2.75, 3.05) is 12.4 Å². The number of nitrogens with one attached hydrogen (secondary N) is 1. The van der Waals surface area contributed by atoms with Crippen LogP contribution in [0, 0.1) is 12.7 Å². The van der Waals surface area contributed by atoms with Crippen molar-refractivity contribution in [3.05, 3.63) is 75.9 Å². The molecule has 1 atom stereocenters. The second-order valence-corrected chi connectivity index (χ2v) is 8.49. The molecule has 8 heteroatoms. The van der Waals surface area contributed by atoms with Crippen LogP contribution in [0.4, 0.5) is 10.1 Å². The molecule has 0 spiro atoms. The number of halogens is 1. The molecular weight excluding hydrogens is 429 g/mol. The zero-order valence-electron chi connectivity index (χ0n) is 17.9. The van der Waals surface area contributed by atoms with Crippen LogP contribution < -0.4 is 15.6 Å². The van der Waals surface area contributed by atoms with E-state index < -0.39 is 6.04 Å². The molecule has 2 aromatic carbocycles. The van der Waals surface area contributed by atoms with Gasteiger partial charge in [-0.3, -0.25) is 14.2 Å². The number of benzene rings is 2. The number of hydrogen-bond acceptors (Lipinski definition) is 5. The minimum absolute atomic E-state index is 0.305. The summed E-state index contributed by atoms with van der Waals surface area (Å²) in [5.74, 6) is -0.153. The first-order valence-corrected chi connectivity index (χ1v) is 11.0. The Balaban J connectivity index is 1.78. The van der Waals surface area contributed by atoms with Gasteiger partial charge in [0.05, 0.1) is 24.5 Å². The topological polar surface area (TPSA) is 73.2 Å². The Labute approximate surface area is 188 Å². The van der Waals surface area contributed by atoms with Crippen molar-refractivity contribution in [3.63, 3.8) is 0 Å². The molecule has 32 heavy (non-hydrogen) atoms. The average Bonchev–Trinajstić information content (AvgIpc) is 3.13. The number of nitrogens with zero attached hydrogens (tertiary/aromatic N) is 2. The summed E-state index contributed by atoms with van der Waals surface area (Å²) in [4.78, 5) is 32.6. The second-order valence-electron chi connectivity index (χ2n) is 7.29. The van der Waals surface area contributed by atoms with Crippen LogP contribution >= 0.6 is 11.3 Å². The lowest BCUT2D eigenvalue weighted by molar-refractivity contribution is -0.119. The number of hydrogen-bond donors (Lipinski definition) is 1. The molecule has 164 valence electrons. The Hall–Kier alpha value is -3.52. The summed E-state index contributed by atoms with van der Waals surface area (Å²) < 4.78 is 20.1. The number of aryl methyl sites for hydroxylation is 1. The maximum atomic E-state index is 13.5. The number of fused-ring (bicyclic) bond motifs is 1. The Bertz CT molecular complexity index is 1350. The van der Waals surface area contributed by atoms with Gasteiger partial charge in [-0.15, -0.1) is 11.3 Å². The number of ether oxygens (including phenoxy) is 1. The van der Waals surface area contributed by atoms with E-state index >= 15 is 0 Å². The third kappa shape index (κ3) is 3.89. The molecule has 0 saturated heterocycles. The molecule has 4 rings (SSSR count). The van der Waals surface area contributed by atoms with Crippen LogP contribution in [0.5, 0.6) is 5.75 Å². The Kier molecular flexibility index (Phi) is 6.05. The van der Waals surface area contributed by atoms with Crippen molar-refractivity contribution in [2.24, 2.45) is 0 Å². The van der Waals surface area contributed by atoms with Gasteiger partial charge in [-0.2, -0.15) is 0 Å². The van der Waals surface area contributed by atoms with Crippen molar-refractivity contribution in [1.82, 2.24) is 9.55 Å². The first-order valence-electron chi connectivity index (χ1n) is 10.1. The van der Waals surface area contributed by atoms with Gasteiger partial charge in [0.25, 0.3) is 5.56 Å². The zero-order valence-corrected chi connectivity index (χ0v) is 18.7. The van der Waals surface area contributed by atoms with E-state index in [2.05, 4.69) is 10.3 Å². The molecule has 0 aliphatic heterocycles. The van der Waals surface area contributed by atoms with E-state index in [1.54, 1.807) is 30.3 Å². The lowest BCUT2D eigenvalue weighted by Gasteiger charge is -2.18. The first-order chi connectivity index (χ1) is 15.4. The van der Waals surface area contributed by atoms with E-state index in [9.17, 15) is 14.0 Å². The molecule has 0 fully saturated rings. The highest BCUT2D eigenvalue weighted by molar-refractivity contribution is 7.19. The van der Waals surface area contributed by atoms with Crippen LogP contribution in [0.1, 0.15) is 24.3 Å². The van der Waals surface area contributed by atoms with E-state index in [1.165, 1.54) is 41.5 Å². The van der Waals surface area contributed by atoms with Crippen molar-refractivity contribution in [2.45, 2.75) is 26.3 Å². The molecule has 1 N–H and O–H groups in total. The quantitative estimate of drug-likeness (QED) is 0.439. The highest BCUT2D eigenvalue weighted by atomic mass is 32.1. The number of thiophene rings is 1. The molecule has 1 amide bonds. The summed E-state index contributed by atoms with van der Waals surface area (Å²) in [6.07, 6.45) is 1.81. The molecule has 0 bridgehead atoms. The van der Waals surface area contributed by atoms with Crippen LogP contribution in [0.15, 0.2) is 59.7 Å². The maximum Gasteiger partial charge on any atom is 0.263 e. The highest BCUT2D eigenvalue weighted by Crippen LogP contribution is 2.35. The van der Waals surface area contributed by atoms with Gasteiger partial charge < -0.3 is 10.1 Å². The number of rotatable bonds is 6. The number of amides is 1. The molecule has 4 aromatic rings. The predicted molar refractivity (Wildman–Crippen MR) is 125 cm³/mol. The number of methoxy groups -OCH3 is 1. The van der Waals surface area contributed by atoms with Gasteiger partial charge in [0.2, 0.25) is 5.91 Å².